The number of rotatable bonds is 1. The third kappa shape index (κ3) is 1.54. The fraction of sp³-hybridized carbons (Fsp3) is 0.0714. The highest BCUT2D eigenvalue weighted by Crippen LogP contribution is 2.31. The molecule has 0 fully saturated rings. The van der Waals surface area contributed by atoms with Crippen molar-refractivity contribution >= 4 is 16.5 Å². The number of aromatic nitrogens is 2. The van der Waals surface area contributed by atoms with Crippen molar-refractivity contribution in [3.8, 4) is 0 Å². The summed E-state index contributed by atoms with van der Waals surface area (Å²) >= 11 is 0. The van der Waals surface area contributed by atoms with E-state index in [9.17, 15) is 4.39 Å². The molecule has 0 radical (unpaired) electrons. The van der Waals surface area contributed by atoms with Gasteiger partial charge in [-0.3, -0.25) is 5.10 Å². The molecule has 0 unspecified atom stereocenters. The van der Waals surface area contributed by atoms with Crippen LogP contribution in [0, 0.1) is 12.7 Å². The lowest BCUT2D eigenvalue weighted by Gasteiger charge is -2.14. The molecule has 0 saturated heterocycles. The van der Waals surface area contributed by atoms with Crippen molar-refractivity contribution in [3.05, 3.63) is 59.8 Å². The van der Waals surface area contributed by atoms with Crippen molar-refractivity contribution in [3.63, 3.8) is 0 Å². The number of allylic oxidation sites excluding steroid dienone is 3. The maximum Gasteiger partial charge on any atom is 0.128 e. The third-order valence-electron chi connectivity index (χ3n) is 3.11. The molecule has 18 heavy (non-hydrogen) atoms. The van der Waals surface area contributed by atoms with Crippen LogP contribution in [-0.2, 0) is 0 Å². The first kappa shape index (κ1) is 10.8. The Kier molecular flexibility index (Phi) is 2.30. The summed E-state index contributed by atoms with van der Waals surface area (Å²) in [4.78, 5) is 0. The van der Waals surface area contributed by atoms with E-state index in [0.29, 0.717) is 11.1 Å². The van der Waals surface area contributed by atoms with Crippen LogP contribution in [0.5, 0.6) is 0 Å². The van der Waals surface area contributed by atoms with Crippen LogP contribution in [0.1, 0.15) is 11.1 Å². The molecule has 1 aliphatic rings. The molecule has 2 N–H and O–H groups in total. The zero-order valence-electron chi connectivity index (χ0n) is 9.92. The number of benzene rings is 1. The standard InChI is InChI=1S/C14H12FN3/c1-8-3-4-10(6-16-8)14-9(2)12(15)5-13-11(14)7-17-18-13/h3-7,16H,1H2,2H3,(H,17,18). The summed E-state index contributed by atoms with van der Waals surface area (Å²) < 4.78 is 13.9. The average molecular weight is 241 g/mol. The zero-order valence-corrected chi connectivity index (χ0v) is 9.92. The number of fused-ring (bicyclic) bond motifs is 1. The molecule has 0 spiro atoms. The molecule has 3 nitrogen and oxygen atoms in total. The monoisotopic (exact) mass is 241 g/mol. The molecule has 3 rings (SSSR count). The summed E-state index contributed by atoms with van der Waals surface area (Å²) in [7, 11) is 0. The normalized spacial score (nSPS) is 14.8. The van der Waals surface area contributed by atoms with Crippen LogP contribution in [0.25, 0.3) is 16.5 Å². The minimum Gasteiger partial charge on any atom is -0.362 e. The van der Waals surface area contributed by atoms with Crippen LogP contribution in [-0.4, -0.2) is 10.2 Å². The number of hydrogen-bond acceptors (Lipinski definition) is 2. The SMILES string of the molecule is C=C1C=CC(c2c(C)c(F)cc3[nH]ncc23)=CN1. The highest BCUT2D eigenvalue weighted by molar-refractivity contribution is 5.96. The van der Waals surface area contributed by atoms with Gasteiger partial charge in [0.1, 0.15) is 5.82 Å². The Morgan fingerprint density at radius 2 is 2.17 bits per heavy atom. The van der Waals surface area contributed by atoms with Gasteiger partial charge >= 0.3 is 0 Å². The Morgan fingerprint density at radius 3 is 2.89 bits per heavy atom. The molecule has 0 aliphatic carbocycles. The lowest BCUT2D eigenvalue weighted by Crippen LogP contribution is -2.07. The van der Waals surface area contributed by atoms with E-state index >= 15 is 0 Å². The molecule has 0 atom stereocenters. The van der Waals surface area contributed by atoms with Crippen LogP contribution in [0.4, 0.5) is 4.39 Å². The summed E-state index contributed by atoms with van der Waals surface area (Å²) in [6, 6.07) is 1.47. The number of nitrogens with one attached hydrogen (secondary N) is 2. The van der Waals surface area contributed by atoms with Gasteiger partial charge in [0.25, 0.3) is 0 Å². The summed E-state index contributed by atoms with van der Waals surface area (Å²) in [5, 5.41) is 10.7. The fourth-order valence-electron chi connectivity index (χ4n) is 2.15. The van der Waals surface area contributed by atoms with Gasteiger partial charge in [-0.25, -0.2) is 4.39 Å². The number of dihydropyridines is 1. The Morgan fingerprint density at radius 1 is 1.33 bits per heavy atom. The smallest absolute Gasteiger partial charge is 0.128 e. The zero-order chi connectivity index (χ0) is 12.7. The molecule has 0 saturated carbocycles. The lowest BCUT2D eigenvalue weighted by molar-refractivity contribution is 0.619. The second-order valence-electron chi connectivity index (χ2n) is 4.29. The van der Waals surface area contributed by atoms with Crippen LogP contribution < -0.4 is 5.32 Å². The fourth-order valence-corrected chi connectivity index (χ4v) is 2.15. The molecule has 1 aromatic heterocycles. The quantitative estimate of drug-likeness (QED) is 0.805. The van der Waals surface area contributed by atoms with Gasteiger partial charge in [-0.15, -0.1) is 0 Å². The second kappa shape index (κ2) is 3.84. The first-order chi connectivity index (χ1) is 8.66. The maximum atomic E-state index is 13.9. The number of nitrogens with zero attached hydrogens (tertiary/aromatic N) is 1. The van der Waals surface area contributed by atoms with Crippen molar-refractivity contribution < 1.29 is 4.39 Å². The van der Waals surface area contributed by atoms with Gasteiger partial charge in [-0.2, -0.15) is 5.10 Å². The van der Waals surface area contributed by atoms with Gasteiger partial charge in [-0.1, -0.05) is 12.7 Å². The summed E-state index contributed by atoms with van der Waals surface area (Å²) in [5.74, 6) is -0.236. The second-order valence-corrected chi connectivity index (χ2v) is 4.29. The number of H-pyrrole nitrogens is 1. The van der Waals surface area contributed by atoms with Gasteiger partial charge in [0.15, 0.2) is 0 Å². The van der Waals surface area contributed by atoms with E-state index in [0.717, 1.165) is 22.2 Å². The van der Waals surface area contributed by atoms with E-state index in [2.05, 4.69) is 22.1 Å². The van der Waals surface area contributed by atoms with E-state index < -0.39 is 0 Å². The summed E-state index contributed by atoms with van der Waals surface area (Å²) in [6.45, 7) is 5.57. The van der Waals surface area contributed by atoms with Crippen LogP contribution >= 0.6 is 0 Å². The highest BCUT2D eigenvalue weighted by Gasteiger charge is 2.15. The number of aromatic amines is 1. The Labute approximate surface area is 104 Å². The first-order valence-electron chi connectivity index (χ1n) is 5.63. The minimum atomic E-state index is -0.236. The summed E-state index contributed by atoms with van der Waals surface area (Å²) in [6.07, 6.45) is 7.34. The van der Waals surface area contributed by atoms with E-state index in [1.54, 1.807) is 13.1 Å². The molecule has 1 aromatic carbocycles. The first-order valence-corrected chi connectivity index (χ1v) is 5.63. The molecular weight excluding hydrogens is 229 g/mol. The molecule has 90 valence electrons. The Balaban J connectivity index is 2.28. The predicted molar refractivity (Wildman–Crippen MR) is 70.2 cm³/mol. The number of halogens is 1. The van der Waals surface area contributed by atoms with Gasteiger partial charge in [0.2, 0.25) is 0 Å². The Hall–Kier alpha value is -2.36. The van der Waals surface area contributed by atoms with Crippen molar-refractivity contribution in [2.75, 3.05) is 0 Å². The highest BCUT2D eigenvalue weighted by atomic mass is 19.1. The molecule has 0 amide bonds. The lowest BCUT2D eigenvalue weighted by atomic mass is 9.95. The predicted octanol–water partition coefficient (Wildman–Crippen LogP) is 3.02. The molecule has 2 heterocycles. The van der Waals surface area contributed by atoms with Crippen LogP contribution in [0.15, 0.2) is 42.9 Å². The van der Waals surface area contributed by atoms with Gasteiger partial charge in [-0.05, 0) is 35.8 Å². The van der Waals surface area contributed by atoms with Crippen molar-refractivity contribution in [2.45, 2.75) is 6.92 Å². The summed E-state index contributed by atoms with van der Waals surface area (Å²) in [5.41, 5.74) is 3.91. The van der Waals surface area contributed by atoms with Crippen LogP contribution in [0.3, 0.4) is 0 Å². The third-order valence-corrected chi connectivity index (χ3v) is 3.11. The van der Waals surface area contributed by atoms with E-state index in [4.69, 9.17) is 0 Å². The molecular formula is C14H12FN3. The van der Waals surface area contributed by atoms with Gasteiger partial charge < -0.3 is 5.32 Å². The van der Waals surface area contributed by atoms with E-state index in [1.165, 1.54) is 6.07 Å². The molecule has 0 bridgehead atoms. The number of hydrogen-bond donors (Lipinski definition) is 2. The largest absolute Gasteiger partial charge is 0.362 e. The maximum absolute atomic E-state index is 13.9. The van der Waals surface area contributed by atoms with Crippen molar-refractivity contribution in [2.24, 2.45) is 0 Å². The van der Waals surface area contributed by atoms with E-state index in [1.807, 2.05) is 18.4 Å². The van der Waals surface area contributed by atoms with Crippen molar-refractivity contribution in [1.82, 2.24) is 15.5 Å². The average Bonchev–Trinajstić information content (AvgIpc) is 2.80. The topological polar surface area (TPSA) is 40.7 Å². The van der Waals surface area contributed by atoms with Crippen molar-refractivity contribution in [1.29, 1.82) is 0 Å². The van der Waals surface area contributed by atoms with Gasteiger partial charge in [0.05, 0.1) is 11.7 Å². The van der Waals surface area contributed by atoms with Crippen LogP contribution in [0.2, 0.25) is 0 Å². The molecule has 1 aliphatic heterocycles. The Bertz CT molecular complexity index is 707. The molecule has 2 aromatic rings. The molecule has 4 heteroatoms. The van der Waals surface area contributed by atoms with Gasteiger partial charge in [0, 0.05) is 17.3 Å². The van der Waals surface area contributed by atoms with E-state index in [-0.39, 0.29) is 5.82 Å². The minimum absolute atomic E-state index is 0.236.